The predicted molar refractivity (Wildman–Crippen MR) is 494 cm³/mol. The molecule has 6 aliphatic heterocycles. The number of fused-ring (bicyclic) bond motifs is 6. The third kappa shape index (κ3) is 20.8. The van der Waals surface area contributed by atoms with E-state index in [4.69, 9.17) is 4.74 Å². The first-order valence-electron chi connectivity index (χ1n) is 43.2. The Balaban J connectivity index is 0.000000112. The topological polar surface area (TPSA) is 301 Å². The van der Waals surface area contributed by atoms with E-state index in [9.17, 15) is 22.8 Å². The number of nitrogens with zero attached hydrogens (tertiary/aromatic N) is 13. The summed E-state index contributed by atoms with van der Waals surface area (Å²) in [7, 11) is 3.14. The van der Waals surface area contributed by atoms with Crippen LogP contribution in [-0.2, 0) is 106 Å². The van der Waals surface area contributed by atoms with Crippen molar-refractivity contribution in [3.63, 3.8) is 0 Å². The van der Waals surface area contributed by atoms with Crippen molar-refractivity contribution in [2.45, 2.75) is 95.7 Å². The molecule has 27 heteroatoms. The minimum atomic E-state index is -3.49. The Morgan fingerprint density at radius 2 is 0.646 bits per heavy atom. The molecule has 0 spiro atoms. The van der Waals surface area contributed by atoms with Crippen LogP contribution in [0.2, 0.25) is 0 Å². The van der Waals surface area contributed by atoms with Crippen molar-refractivity contribution in [3.8, 4) is 67.5 Å². The molecule has 0 unspecified atom stereocenters. The van der Waals surface area contributed by atoms with Crippen LogP contribution in [0.25, 0.3) is 67.5 Å². The number of benzene rings is 9. The molecule has 0 aliphatic carbocycles. The van der Waals surface area contributed by atoms with Crippen LogP contribution >= 0.6 is 0 Å². The van der Waals surface area contributed by atoms with Crippen molar-refractivity contribution in [1.82, 2.24) is 100 Å². The van der Waals surface area contributed by atoms with E-state index in [-0.39, 0.29) is 18.2 Å². The fourth-order valence-electron chi connectivity index (χ4n) is 17.0. The van der Waals surface area contributed by atoms with Crippen molar-refractivity contribution in [2.24, 2.45) is 0 Å². The second kappa shape index (κ2) is 41.1. The Morgan fingerprint density at radius 3 is 1.02 bits per heavy atom. The average molecular weight is 1720 g/mol. The van der Waals surface area contributed by atoms with E-state index in [0.717, 1.165) is 192 Å². The number of aromatic amines is 6. The van der Waals surface area contributed by atoms with Gasteiger partial charge in [0, 0.05) is 233 Å². The van der Waals surface area contributed by atoms with E-state index in [1.807, 2.05) is 143 Å². The molecule has 648 valence electrons. The maximum absolute atomic E-state index is 12.9. The fourth-order valence-corrected chi connectivity index (χ4v) is 18.4. The SMILES string of the molecule is CN(C)C(=O)N1CCc2[nH]nc(-c3ccccc3)c2C1.CNC(=O)N1CCc2[nH]nc(-c3ccccc3)c2C1.COC(=O)N1CCc2[nH]nc(-c3ccccc3)c2C1.O=S(=O)(c1ccccc1)N1CCc2[nH]nc(-c3ccccc3)c2C1.c1ccc(CCN2CCc3[nH]nc(-c4ccccc4)c3C2)cc1.c1ccc(CN2CCc3[nH]nc(-c4ccccc4)c3C2)cc1. The van der Waals surface area contributed by atoms with Crippen molar-refractivity contribution in [2.75, 3.05) is 74.1 Å². The molecule has 6 aliphatic rings. The van der Waals surface area contributed by atoms with Gasteiger partial charge in [-0.25, -0.2) is 22.8 Å². The zero-order valence-corrected chi connectivity index (χ0v) is 72.8. The van der Waals surface area contributed by atoms with Crippen LogP contribution in [-0.4, -0.2) is 196 Å². The van der Waals surface area contributed by atoms with E-state index >= 15 is 0 Å². The lowest BCUT2D eigenvalue weighted by Gasteiger charge is -2.29. The monoisotopic (exact) mass is 1710 g/mol. The number of urea groups is 2. The fraction of sp³-hybridized carbons (Fsp3) is 0.250. The molecule has 0 saturated heterocycles. The van der Waals surface area contributed by atoms with Crippen LogP contribution in [0.15, 0.2) is 278 Å². The molecule has 15 aromatic rings. The number of hydrogen-bond donors (Lipinski definition) is 7. The normalized spacial score (nSPS) is 14.5. The maximum Gasteiger partial charge on any atom is 0.409 e. The molecule has 6 aromatic heterocycles. The second-order valence-electron chi connectivity index (χ2n) is 32.2. The summed E-state index contributed by atoms with van der Waals surface area (Å²) in [4.78, 5) is 47.8. The highest BCUT2D eigenvalue weighted by Crippen LogP contribution is 2.36. The van der Waals surface area contributed by atoms with E-state index in [0.29, 0.717) is 50.6 Å². The lowest BCUT2D eigenvalue weighted by Crippen LogP contribution is -2.42. The Kier molecular flexibility index (Phi) is 28.0. The second-order valence-corrected chi connectivity index (χ2v) is 34.1. The number of sulfonamides is 1. The van der Waals surface area contributed by atoms with Crippen molar-refractivity contribution >= 4 is 28.2 Å². The summed E-state index contributed by atoms with van der Waals surface area (Å²) in [6.45, 7) is 10.9. The van der Waals surface area contributed by atoms with E-state index in [2.05, 4.69) is 192 Å². The summed E-state index contributed by atoms with van der Waals surface area (Å²) in [6, 6.07) is 90.9. The minimum absolute atomic E-state index is 0.0362. The molecule has 9 aromatic carbocycles. The number of amides is 5. The maximum atomic E-state index is 12.9. The number of aromatic nitrogens is 12. The number of carbonyl (C=O) groups is 3. The number of ether oxygens (including phenoxy) is 1. The van der Waals surface area contributed by atoms with Crippen molar-refractivity contribution < 1.29 is 27.5 Å². The van der Waals surface area contributed by atoms with E-state index < -0.39 is 10.0 Å². The number of rotatable bonds is 13. The molecule has 12 heterocycles. The van der Waals surface area contributed by atoms with E-state index in [1.165, 1.54) is 56.2 Å². The molecule has 7 N–H and O–H groups in total. The highest BCUT2D eigenvalue weighted by atomic mass is 32.2. The van der Waals surface area contributed by atoms with Crippen LogP contribution < -0.4 is 5.32 Å². The van der Waals surface area contributed by atoms with Crippen LogP contribution in [0.4, 0.5) is 14.4 Å². The van der Waals surface area contributed by atoms with Crippen molar-refractivity contribution in [3.05, 3.63) is 352 Å². The van der Waals surface area contributed by atoms with Gasteiger partial charge in [0.15, 0.2) is 0 Å². The van der Waals surface area contributed by atoms with Gasteiger partial charge in [-0.2, -0.15) is 34.9 Å². The van der Waals surface area contributed by atoms with Gasteiger partial charge in [-0.1, -0.05) is 261 Å². The van der Waals surface area contributed by atoms with Gasteiger partial charge in [0.25, 0.3) is 0 Å². The molecule has 5 amide bonds. The smallest absolute Gasteiger partial charge is 0.409 e. The Bertz CT molecular complexity index is 6100. The Labute approximate surface area is 740 Å². The van der Waals surface area contributed by atoms with Crippen molar-refractivity contribution in [1.29, 1.82) is 0 Å². The van der Waals surface area contributed by atoms with Gasteiger partial charge in [0.2, 0.25) is 10.0 Å². The molecular weight excluding hydrogens is 1610 g/mol. The van der Waals surface area contributed by atoms with Gasteiger partial charge < -0.3 is 29.7 Å². The number of nitrogens with one attached hydrogen (secondary N) is 7. The average Bonchev–Trinajstić information content (AvgIpc) is 1.75. The summed E-state index contributed by atoms with van der Waals surface area (Å²) in [6.07, 6.45) is 5.99. The number of methoxy groups -OCH3 is 1. The highest BCUT2D eigenvalue weighted by Gasteiger charge is 2.34. The molecule has 0 saturated carbocycles. The lowest BCUT2D eigenvalue weighted by molar-refractivity contribution is 0.118. The first-order chi connectivity index (χ1) is 62.2. The van der Waals surface area contributed by atoms with E-state index in [1.54, 1.807) is 55.2 Å². The van der Waals surface area contributed by atoms with Crippen LogP contribution in [0.5, 0.6) is 0 Å². The van der Waals surface area contributed by atoms with Gasteiger partial charge in [-0.05, 0) is 29.7 Å². The number of carbonyl (C=O) groups excluding carboxylic acids is 3. The molecule has 26 nitrogen and oxygen atoms in total. The van der Waals surface area contributed by atoms with Crippen LogP contribution in [0, 0.1) is 0 Å². The number of H-pyrrole nitrogens is 6. The molecular formula is C100H106N20O6S. The Morgan fingerprint density at radius 1 is 0.354 bits per heavy atom. The van der Waals surface area contributed by atoms with Gasteiger partial charge >= 0.3 is 18.2 Å². The summed E-state index contributed by atoms with van der Waals surface area (Å²) in [5, 5.41) is 48.2. The third-order valence-corrected chi connectivity index (χ3v) is 25.6. The van der Waals surface area contributed by atoms with Gasteiger partial charge in [0.1, 0.15) is 0 Å². The lowest BCUT2D eigenvalue weighted by atomic mass is 10.0. The molecule has 0 fully saturated rings. The molecule has 0 bridgehead atoms. The summed E-state index contributed by atoms with van der Waals surface area (Å²) >= 11 is 0. The van der Waals surface area contributed by atoms with Gasteiger partial charge in [-0.3, -0.25) is 40.4 Å². The summed E-state index contributed by atoms with van der Waals surface area (Å²) in [5.74, 6) is 0. The first-order valence-corrected chi connectivity index (χ1v) is 44.7. The third-order valence-electron chi connectivity index (χ3n) is 23.8. The quantitative estimate of drug-likeness (QED) is 0.0565. The number of hydrogen-bond acceptors (Lipinski definition) is 14. The first kappa shape index (κ1) is 86.4. The summed E-state index contributed by atoms with van der Waals surface area (Å²) < 4.78 is 32.0. The summed E-state index contributed by atoms with van der Waals surface area (Å²) in [5.41, 5.74) is 29.3. The van der Waals surface area contributed by atoms with Gasteiger partial charge in [-0.15, -0.1) is 0 Å². The highest BCUT2D eigenvalue weighted by molar-refractivity contribution is 7.89. The van der Waals surface area contributed by atoms with Gasteiger partial charge in [0.05, 0.1) is 65.8 Å². The molecule has 21 rings (SSSR count). The zero-order valence-electron chi connectivity index (χ0n) is 72.0. The van der Waals surface area contributed by atoms with Crippen LogP contribution in [0.3, 0.4) is 0 Å². The molecule has 0 radical (unpaired) electrons. The standard InChI is InChI=1S/C20H21N3.C19H19N3.C18H17N3O2S.C15H18N4O.C14H16N4O.C14H15N3O2/c1-3-7-16(8-4-1)11-13-23-14-12-19-18(15-23)20(22-21-19)17-9-5-2-6-10-17;1-3-7-15(8-4-1)13-22-12-11-18-17(14-22)19(21-20-18)16-9-5-2-6-10-16;22-24(23,15-9-5-2-6-10-15)21-12-11-17-16(13-21)18(20-19-17)14-7-3-1-4-8-14;1-18(2)15(20)19-9-8-13-12(10-19)14(17-16-13)11-6-4-3-5-7-11;1-15-14(19)18-8-7-12-11(9-18)13(17-16-12)10-5-3-2-4-6-10;1-19-14(18)17-8-7-12-11(9-17)13(16-15-12)10-5-3-2-4-6-10/h1-10H,11-15H2,(H,21,22);1-10H,11-14H2,(H,20,21);1-10H,11-13H2,(H,19,20);3-7H,8-10H2,1-2H3,(H,16,17);2-6H,7-9H2,1H3,(H,15,19)(H,16,17);2-6H,7-9H2,1H3,(H,15,16). The van der Waals surface area contributed by atoms with Crippen LogP contribution in [0.1, 0.15) is 78.7 Å². The predicted octanol–water partition coefficient (Wildman–Crippen LogP) is 16.2. The molecule has 0 atom stereocenters. The minimum Gasteiger partial charge on any atom is -0.453 e. The molecule has 127 heavy (non-hydrogen) atoms. The largest absolute Gasteiger partial charge is 0.453 e. The zero-order chi connectivity index (χ0) is 87.4. The Hall–Kier alpha value is -14.1.